The van der Waals surface area contributed by atoms with Crippen molar-refractivity contribution in [3.8, 4) is 0 Å². The van der Waals surface area contributed by atoms with Gasteiger partial charge in [0.05, 0.1) is 0 Å². The molecule has 1 aromatic carbocycles. The van der Waals surface area contributed by atoms with Gasteiger partial charge < -0.3 is 5.32 Å². The molecule has 3 atom stereocenters. The molecule has 0 aromatic heterocycles. The van der Waals surface area contributed by atoms with Crippen LogP contribution in [0.3, 0.4) is 0 Å². The van der Waals surface area contributed by atoms with Gasteiger partial charge in [0.15, 0.2) is 0 Å². The van der Waals surface area contributed by atoms with Crippen LogP contribution in [0.15, 0.2) is 22.7 Å². The second-order valence-corrected chi connectivity index (χ2v) is 6.98. The van der Waals surface area contributed by atoms with Crippen molar-refractivity contribution < 1.29 is 4.39 Å². The van der Waals surface area contributed by atoms with Gasteiger partial charge in [-0.3, -0.25) is 0 Å². The maximum absolute atomic E-state index is 14.0. The molecule has 1 nitrogen and oxygen atoms in total. The predicted molar refractivity (Wildman–Crippen MR) is 86.4 cm³/mol. The van der Waals surface area contributed by atoms with E-state index in [-0.39, 0.29) is 5.82 Å². The van der Waals surface area contributed by atoms with Crippen molar-refractivity contribution in [2.75, 3.05) is 7.05 Å². The monoisotopic (exact) mass is 341 g/mol. The Kier molecular flexibility index (Phi) is 6.03. The maximum Gasteiger partial charge on any atom is 0.127 e. The highest BCUT2D eigenvalue weighted by Crippen LogP contribution is 2.34. The molecule has 112 valence electrons. The zero-order valence-electron chi connectivity index (χ0n) is 12.5. The van der Waals surface area contributed by atoms with Crippen molar-refractivity contribution in [1.29, 1.82) is 0 Å². The average Bonchev–Trinajstić information content (AvgIpc) is 2.43. The zero-order valence-corrected chi connectivity index (χ0v) is 14.0. The molecule has 0 saturated heterocycles. The third kappa shape index (κ3) is 4.05. The van der Waals surface area contributed by atoms with Crippen LogP contribution in [0.4, 0.5) is 4.39 Å². The molecule has 0 bridgehead atoms. The molecule has 1 fully saturated rings. The first-order valence-electron chi connectivity index (χ1n) is 7.75. The summed E-state index contributed by atoms with van der Waals surface area (Å²) in [6.07, 6.45) is 7.20. The number of hydrogen-bond acceptors (Lipinski definition) is 1. The van der Waals surface area contributed by atoms with E-state index in [0.717, 1.165) is 22.4 Å². The Morgan fingerprint density at radius 2 is 2.15 bits per heavy atom. The van der Waals surface area contributed by atoms with E-state index in [2.05, 4.69) is 28.2 Å². The Balaban J connectivity index is 2.07. The molecule has 1 aliphatic rings. The summed E-state index contributed by atoms with van der Waals surface area (Å²) in [4.78, 5) is 0. The molecule has 2 rings (SSSR count). The Labute approximate surface area is 130 Å². The van der Waals surface area contributed by atoms with Crippen molar-refractivity contribution in [3.63, 3.8) is 0 Å². The lowest BCUT2D eigenvalue weighted by Gasteiger charge is -2.36. The largest absolute Gasteiger partial charge is 0.317 e. The van der Waals surface area contributed by atoms with Crippen LogP contribution in [-0.4, -0.2) is 13.1 Å². The molecular formula is C17H25BrFN. The van der Waals surface area contributed by atoms with Crippen LogP contribution in [0, 0.1) is 17.7 Å². The molecule has 1 saturated carbocycles. The van der Waals surface area contributed by atoms with E-state index in [1.54, 1.807) is 6.07 Å². The van der Waals surface area contributed by atoms with Gasteiger partial charge in [-0.1, -0.05) is 41.8 Å². The highest BCUT2D eigenvalue weighted by molar-refractivity contribution is 9.10. The molecule has 20 heavy (non-hydrogen) atoms. The maximum atomic E-state index is 14.0. The minimum Gasteiger partial charge on any atom is -0.317 e. The molecule has 1 N–H and O–H groups in total. The van der Waals surface area contributed by atoms with Gasteiger partial charge in [0, 0.05) is 10.5 Å². The van der Waals surface area contributed by atoms with Gasteiger partial charge in [0.2, 0.25) is 0 Å². The van der Waals surface area contributed by atoms with E-state index in [0.29, 0.717) is 12.0 Å². The first-order chi connectivity index (χ1) is 9.63. The van der Waals surface area contributed by atoms with Gasteiger partial charge in [0.25, 0.3) is 0 Å². The van der Waals surface area contributed by atoms with E-state index in [9.17, 15) is 4.39 Å². The second kappa shape index (κ2) is 7.56. The lowest BCUT2D eigenvalue weighted by atomic mass is 9.74. The summed E-state index contributed by atoms with van der Waals surface area (Å²) in [6, 6.07) is 5.98. The van der Waals surface area contributed by atoms with Gasteiger partial charge in [-0.15, -0.1) is 0 Å². The summed E-state index contributed by atoms with van der Waals surface area (Å²) in [5.41, 5.74) is 0.857. The van der Waals surface area contributed by atoms with Crippen molar-refractivity contribution in [1.82, 2.24) is 5.32 Å². The SMILES string of the molecule is CCCC1CCC(NC)C(Cc2ccc(Br)cc2F)C1. The highest BCUT2D eigenvalue weighted by Gasteiger charge is 2.29. The molecule has 3 unspecified atom stereocenters. The number of benzene rings is 1. The fourth-order valence-corrected chi connectivity index (χ4v) is 3.94. The smallest absolute Gasteiger partial charge is 0.127 e. The van der Waals surface area contributed by atoms with Gasteiger partial charge in [0.1, 0.15) is 5.82 Å². The van der Waals surface area contributed by atoms with Gasteiger partial charge in [-0.25, -0.2) is 4.39 Å². The fraction of sp³-hybridized carbons (Fsp3) is 0.647. The minimum atomic E-state index is -0.0770. The van der Waals surface area contributed by atoms with E-state index in [1.165, 1.54) is 32.1 Å². The van der Waals surface area contributed by atoms with Gasteiger partial charge in [-0.05, 0) is 62.3 Å². The lowest BCUT2D eigenvalue weighted by Crippen LogP contribution is -2.39. The van der Waals surface area contributed by atoms with Crippen molar-refractivity contribution in [2.45, 2.75) is 51.5 Å². The van der Waals surface area contributed by atoms with Crippen molar-refractivity contribution in [3.05, 3.63) is 34.1 Å². The third-order valence-electron chi connectivity index (χ3n) is 4.66. The van der Waals surface area contributed by atoms with E-state index in [1.807, 2.05) is 19.2 Å². The number of rotatable bonds is 5. The number of halogens is 2. The summed E-state index contributed by atoms with van der Waals surface area (Å²) in [5, 5.41) is 3.44. The molecule has 3 heteroatoms. The molecule has 0 radical (unpaired) electrons. The molecule has 1 aliphatic carbocycles. The average molecular weight is 342 g/mol. The Morgan fingerprint density at radius 3 is 2.80 bits per heavy atom. The van der Waals surface area contributed by atoms with Crippen LogP contribution < -0.4 is 5.32 Å². The summed E-state index contributed by atoms with van der Waals surface area (Å²) in [7, 11) is 2.04. The first-order valence-corrected chi connectivity index (χ1v) is 8.54. The van der Waals surface area contributed by atoms with E-state index >= 15 is 0 Å². The fourth-order valence-electron chi connectivity index (χ4n) is 3.61. The van der Waals surface area contributed by atoms with Crippen LogP contribution in [0.25, 0.3) is 0 Å². The topological polar surface area (TPSA) is 12.0 Å². The number of hydrogen-bond donors (Lipinski definition) is 1. The summed E-state index contributed by atoms with van der Waals surface area (Å²) < 4.78 is 14.8. The molecule has 0 spiro atoms. The Hall–Kier alpha value is -0.410. The molecule has 0 aliphatic heterocycles. The minimum absolute atomic E-state index is 0.0770. The van der Waals surface area contributed by atoms with Crippen molar-refractivity contribution >= 4 is 15.9 Å². The molecule has 0 amide bonds. The van der Waals surface area contributed by atoms with Gasteiger partial charge in [-0.2, -0.15) is 0 Å². The highest BCUT2D eigenvalue weighted by atomic mass is 79.9. The normalized spacial score (nSPS) is 26.7. The van der Waals surface area contributed by atoms with Crippen LogP contribution in [-0.2, 0) is 6.42 Å². The predicted octanol–water partition coefficient (Wildman–Crippen LogP) is 4.94. The van der Waals surface area contributed by atoms with Crippen LogP contribution in [0.2, 0.25) is 0 Å². The molecule has 1 aromatic rings. The van der Waals surface area contributed by atoms with Crippen LogP contribution in [0.1, 0.15) is 44.6 Å². The molecule has 0 heterocycles. The van der Waals surface area contributed by atoms with Gasteiger partial charge >= 0.3 is 0 Å². The quantitative estimate of drug-likeness (QED) is 0.800. The van der Waals surface area contributed by atoms with Crippen LogP contribution in [0.5, 0.6) is 0 Å². The second-order valence-electron chi connectivity index (χ2n) is 6.06. The summed E-state index contributed by atoms with van der Waals surface area (Å²) >= 11 is 3.32. The molecular weight excluding hydrogens is 317 g/mol. The van der Waals surface area contributed by atoms with E-state index < -0.39 is 0 Å². The first kappa shape index (κ1) is 16.0. The summed E-state index contributed by atoms with van der Waals surface area (Å²) in [5.74, 6) is 1.31. The third-order valence-corrected chi connectivity index (χ3v) is 5.15. The standard InChI is InChI=1S/C17H25BrFN/c1-3-4-12-5-8-17(20-2)14(9-12)10-13-6-7-15(18)11-16(13)19/h6-7,11-12,14,17,20H,3-5,8-10H2,1-2H3. The summed E-state index contributed by atoms with van der Waals surface area (Å²) in [6.45, 7) is 2.26. The van der Waals surface area contributed by atoms with Crippen molar-refractivity contribution in [2.24, 2.45) is 11.8 Å². The Morgan fingerprint density at radius 1 is 1.35 bits per heavy atom. The number of nitrogens with one attached hydrogen (secondary N) is 1. The Bertz CT molecular complexity index is 435. The van der Waals surface area contributed by atoms with E-state index in [4.69, 9.17) is 0 Å². The lowest BCUT2D eigenvalue weighted by molar-refractivity contribution is 0.199. The zero-order chi connectivity index (χ0) is 14.5. The van der Waals surface area contributed by atoms with Crippen LogP contribution >= 0.6 is 15.9 Å².